The minimum Gasteiger partial charge on any atom is -0.465 e. The van der Waals surface area contributed by atoms with Crippen molar-refractivity contribution in [3.05, 3.63) is 60.2 Å². The van der Waals surface area contributed by atoms with E-state index in [1.165, 1.54) is 0 Å². The average Bonchev–Trinajstić information content (AvgIpc) is 3.23. The second-order valence-electron chi connectivity index (χ2n) is 9.65. The zero-order chi connectivity index (χ0) is 24.4. The van der Waals surface area contributed by atoms with E-state index in [9.17, 15) is 14.4 Å². The van der Waals surface area contributed by atoms with Gasteiger partial charge in [0.25, 0.3) is 0 Å². The van der Waals surface area contributed by atoms with E-state index in [4.69, 9.17) is 14.6 Å². The van der Waals surface area contributed by atoms with Crippen molar-refractivity contribution in [1.29, 1.82) is 0 Å². The van der Waals surface area contributed by atoms with Gasteiger partial charge in [-0.15, -0.1) is 0 Å². The zero-order valence-electron chi connectivity index (χ0n) is 19.8. The SMILES string of the molecule is O=C1OCCC=C[C@H]2OC34C=CCN(Cc5ccccc5)C(=O)[C@H]3N(CCCCCO)C(=O)[C@@H]4C12. The maximum atomic E-state index is 14.1. The van der Waals surface area contributed by atoms with E-state index in [0.29, 0.717) is 38.9 Å². The summed E-state index contributed by atoms with van der Waals surface area (Å²) in [6, 6.07) is 8.90. The lowest BCUT2D eigenvalue weighted by atomic mass is 9.77. The second-order valence-corrected chi connectivity index (χ2v) is 9.65. The minimum atomic E-state index is -1.22. The first-order valence-corrected chi connectivity index (χ1v) is 12.5. The van der Waals surface area contributed by atoms with Crippen molar-refractivity contribution in [3.8, 4) is 0 Å². The van der Waals surface area contributed by atoms with Crippen LogP contribution < -0.4 is 0 Å². The van der Waals surface area contributed by atoms with Gasteiger partial charge in [0.1, 0.15) is 17.6 Å². The smallest absolute Gasteiger partial charge is 0.312 e. The number of nitrogens with zero attached hydrogens (tertiary/aromatic N) is 2. The molecule has 1 N–H and O–H groups in total. The summed E-state index contributed by atoms with van der Waals surface area (Å²) in [7, 11) is 0. The standard InChI is InChI=1S/C27H32N2O6/c30-16-7-2-6-15-29-23-25(32)28(18-19-10-3-1-4-11-19)14-9-13-27(23)22(24(29)31)21-20(35-27)12-5-8-17-34-26(21)33/h1,3-5,9-13,20-23,30H,2,6-8,14-18H2/t20-,21?,22+,23-,27?/m1/s1. The molecule has 5 rings (SSSR count). The topological polar surface area (TPSA) is 96.4 Å². The van der Waals surface area contributed by atoms with Crippen molar-refractivity contribution < 1.29 is 29.0 Å². The van der Waals surface area contributed by atoms with Crippen LogP contribution in [0.2, 0.25) is 0 Å². The van der Waals surface area contributed by atoms with Crippen molar-refractivity contribution in [2.45, 2.75) is 50.0 Å². The molecule has 0 radical (unpaired) electrons. The van der Waals surface area contributed by atoms with Gasteiger partial charge < -0.3 is 24.4 Å². The Balaban J connectivity index is 1.51. The van der Waals surface area contributed by atoms with Gasteiger partial charge in [-0.05, 0) is 31.2 Å². The van der Waals surface area contributed by atoms with E-state index in [-0.39, 0.29) is 25.0 Å². The highest BCUT2D eigenvalue weighted by molar-refractivity contribution is 5.99. The number of cyclic esters (lactones) is 1. The summed E-state index contributed by atoms with van der Waals surface area (Å²) in [4.78, 5) is 44.4. The fourth-order valence-corrected chi connectivity index (χ4v) is 5.91. The molecule has 4 aliphatic rings. The molecule has 1 spiro atoms. The van der Waals surface area contributed by atoms with Crippen LogP contribution in [0.15, 0.2) is 54.6 Å². The average molecular weight is 481 g/mol. The summed E-state index contributed by atoms with van der Waals surface area (Å²) >= 11 is 0. The highest BCUT2D eigenvalue weighted by Gasteiger charge is 2.71. The molecule has 0 bridgehead atoms. The number of esters is 1. The van der Waals surface area contributed by atoms with E-state index >= 15 is 0 Å². The number of hydrogen-bond acceptors (Lipinski definition) is 6. The Bertz CT molecular complexity index is 1020. The summed E-state index contributed by atoms with van der Waals surface area (Å²) < 4.78 is 12.0. The summed E-state index contributed by atoms with van der Waals surface area (Å²) in [6.45, 7) is 1.53. The van der Waals surface area contributed by atoms with E-state index in [1.807, 2.05) is 54.6 Å². The van der Waals surface area contributed by atoms with Gasteiger partial charge in [0.05, 0.1) is 18.6 Å². The molecular formula is C27H32N2O6. The van der Waals surface area contributed by atoms with Crippen molar-refractivity contribution in [2.24, 2.45) is 11.8 Å². The second kappa shape index (κ2) is 9.95. The molecule has 2 fully saturated rings. The Hall–Kier alpha value is -2.97. The van der Waals surface area contributed by atoms with Crippen LogP contribution in [0, 0.1) is 11.8 Å². The first kappa shape index (κ1) is 23.8. The van der Waals surface area contributed by atoms with Crippen LogP contribution >= 0.6 is 0 Å². The predicted molar refractivity (Wildman–Crippen MR) is 127 cm³/mol. The highest BCUT2D eigenvalue weighted by Crippen LogP contribution is 2.53. The number of rotatable bonds is 7. The summed E-state index contributed by atoms with van der Waals surface area (Å²) in [5, 5.41) is 9.16. The fraction of sp³-hybridized carbons (Fsp3) is 0.519. The number of carbonyl (C=O) groups is 3. The first-order valence-electron chi connectivity index (χ1n) is 12.5. The highest BCUT2D eigenvalue weighted by atomic mass is 16.6. The third-order valence-corrected chi connectivity index (χ3v) is 7.48. The molecule has 1 aromatic carbocycles. The van der Waals surface area contributed by atoms with Crippen LogP contribution in [0.25, 0.3) is 0 Å². The number of aliphatic hydroxyl groups excluding tert-OH is 1. The lowest BCUT2D eigenvalue weighted by Gasteiger charge is -2.35. The number of benzene rings is 1. The molecule has 0 aliphatic carbocycles. The van der Waals surface area contributed by atoms with E-state index in [1.54, 1.807) is 9.80 Å². The van der Waals surface area contributed by atoms with Crippen molar-refractivity contribution in [2.75, 3.05) is 26.3 Å². The molecule has 2 saturated heterocycles. The maximum Gasteiger partial charge on any atom is 0.312 e. The number of likely N-dealkylation sites (tertiary alicyclic amines) is 1. The normalized spacial score (nSPS) is 32.0. The van der Waals surface area contributed by atoms with Gasteiger partial charge in [-0.2, -0.15) is 0 Å². The number of unbranched alkanes of at least 4 members (excludes halogenated alkanes) is 2. The number of aliphatic hydroxyl groups is 1. The van der Waals surface area contributed by atoms with Crippen molar-refractivity contribution in [1.82, 2.24) is 9.80 Å². The molecule has 4 aliphatic heterocycles. The molecule has 186 valence electrons. The molecule has 8 nitrogen and oxygen atoms in total. The largest absolute Gasteiger partial charge is 0.465 e. The van der Waals surface area contributed by atoms with E-state index in [2.05, 4.69) is 0 Å². The number of amides is 2. The third-order valence-electron chi connectivity index (χ3n) is 7.48. The molecule has 0 saturated carbocycles. The number of carbonyl (C=O) groups excluding carboxylic acids is 3. The maximum absolute atomic E-state index is 14.1. The van der Waals surface area contributed by atoms with Gasteiger partial charge in [0.2, 0.25) is 11.8 Å². The molecule has 4 heterocycles. The fourth-order valence-electron chi connectivity index (χ4n) is 5.91. The van der Waals surface area contributed by atoms with Crippen molar-refractivity contribution in [3.63, 3.8) is 0 Å². The Morgan fingerprint density at radius 1 is 1.03 bits per heavy atom. The molecule has 1 aromatic rings. The molecule has 8 heteroatoms. The molecule has 2 unspecified atom stereocenters. The first-order chi connectivity index (χ1) is 17.1. The van der Waals surface area contributed by atoms with Crippen LogP contribution in [0.1, 0.15) is 31.2 Å². The molecular weight excluding hydrogens is 448 g/mol. The quantitative estimate of drug-likeness (QED) is 0.363. The van der Waals surface area contributed by atoms with Crippen LogP contribution in [-0.2, 0) is 30.4 Å². The van der Waals surface area contributed by atoms with E-state index in [0.717, 1.165) is 12.0 Å². The lowest BCUT2D eigenvalue weighted by Crippen LogP contribution is -2.55. The molecule has 5 atom stereocenters. The number of ether oxygens (including phenoxy) is 2. The lowest BCUT2D eigenvalue weighted by molar-refractivity contribution is -0.155. The number of hydrogen-bond donors (Lipinski definition) is 1. The van der Waals surface area contributed by atoms with Crippen LogP contribution in [-0.4, -0.2) is 76.7 Å². The van der Waals surface area contributed by atoms with Gasteiger partial charge in [0, 0.05) is 26.2 Å². The Kier molecular flexibility index (Phi) is 6.75. The summed E-state index contributed by atoms with van der Waals surface area (Å²) in [5.74, 6) is -2.47. The Morgan fingerprint density at radius 2 is 1.86 bits per heavy atom. The van der Waals surface area contributed by atoms with Crippen LogP contribution in [0.5, 0.6) is 0 Å². The van der Waals surface area contributed by atoms with Gasteiger partial charge in [0.15, 0.2) is 0 Å². The predicted octanol–water partition coefficient (Wildman–Crippen LogP) is 1.83. The van der Waals surface area contributed by atoms with Gasteiger partial charge >= 0.3 is 5.97 Å². The number of fused-ring (bicyclic) bond motifs is 2. The van der Waals surface area contributed by atoms with E-state index < -0.39 is 35.6 Å². The summed E-state index contributed by atoms with van der Waals surface area (Å²) in [5.41, 5.74) is -0.222. The van der Waals surface area contributed by atoms with Crippen molar-refractivity contribution >= 4 is 17.8 Å². The summed E-state index contributed by atoms with van der Waals surface area (Å²) in [6.07, 6.45) is 9.50. The molecule has 0 aromatic heterocycles. The molecule has 2 amide bonds. The van der Waals surface area contributed by atoms with Crippen LogP contribution in [0.4, 0.5) is 0 Å². The Labute approximate surface area is 205 Å². The minimum absolute atomic E-state index is 0.0848. The Morgan fingerprint density at radius 3 is 2.66 bits per heavy atom. The third kappa shape index (κ3) is 4.19. The monoisotopic (exact) mass is 480 g/mol. The van der Waals surface area contributed by atoms with Gasteiger partial charge in [-0.25, -0.2) is 0 Å². The van der Waals surface area contributed by atoms with Crippen LogP contribution in [0.3, 0.4) is 0 Å². The molecule has 35 heavy (non-hydrogen) atoms. The zero-order valence-corrected chi connectivity index (χ0v) is 19.8. The van der Waals surface area contributed by atoms with Gasteiger partial charge in [-0.3, -0.25) is 14.4 Å². The van der Waals surface area contributed by atoms with Gasteiger partial charge in [-0.1, -0.05) is 54.6 Å².